The average molecular weight is 372 g/mol. The largest absolute Gasteiger partial charge is 0.496 e. The lowest BCUT2D eigenvalue weighted by Crippen LogP contribution is -2.07. The van der Waals surface area contributed by atoms with E-state index in [2.05, 4.69) is 0 Å². The normalized spacial score (nSPS) is 12.3. The summed E-state index contributed by atoms with van der Waals surface area (Å²) in [4.78, 5) is 13.3. The van der Waals surface area contributed by atoms with Crippen LogP contribution in [0, 0.1) is 0 Å². The van der Waals surface area contributed by atoms with Gasteiger partial charge >= 0.3 is 0 Å². The third-order valence-corrected chi connectivity index (χ3v) is 4.33. The number of ketones is 1. The fraction of sp³-hybridized carbons (Fsp3) is 0.211. The summed E-state index contributed by atoms with van der Waals surface area (Å²) in [6.45, 7) is 0.0807. The molecule has 27 heavy (non-hydrogen) atoms. The molecule has 0 aliphatic carbocycles. The van der Waals surface area contributed by atoms with Crippen LogP contribution < -0.4 is 23.7 Å². The minimum absolute atomic E-state index is 0.0231. The molecule has 0 saturated carbocycles. The van der Waals surface area contributed by atoms with Crippen LogP contribution in [0.2, 0.25) is 0 Å². The van der Waals surface area contributed by atoms with Gasteiger partial charge in [0, 0.05) is 23.6 Å². The van der Waals surface area contributed by atoms with Crippen LogP contribution in [0.1, 0.15) is 15.9 Å². The Morgan fingerprint density at radius 2 is 1.56 bits per heavy atom. The first-order valence-corrected chi connectivity index (χ1v) is 7.97. The standard InChI is InChI=1S/C19H16O8/c1-22-9-4-14(23-2)17(15(5-9)24-3)18(20)16-10-6-12-13(26-8-25-12)7-11(10)27-19(16)21/h4-7,21H,8H2,1-3H3. The molecule has 3 aromatic rings. The van der Waals surface area contributed by atoms with Crippen molar-refractivity contribution in [2.45, 2.75) is 0 Å². The van der Waals surface area contributed by atoms with E-state index in [0.29, 0.717) is 28.2 Å². The Morgan fingerprint density at radius 3 is 2.15 bits per heavy atom. The quantitative estimate of drug-likeness (QED) is 0.683. The van der Waals surface area contributed by atoms with Crippen molar-refractivity contribution in [1.82, 2.24) is 0 Å². The van der Waals surface area contributed by atoms with Gasteiger partial charge in [-0.15, -0.1) is 0 Å². The van der Waals surface area contributed by atoms with Crippen LogP contribution >= 0.6 is 0 Å². The number of methoxy groups -OCH3 is 3. The third kappa shape index (κ3) is 2.57. The second kappa shape index (κ2) is 6.31. The van der Waals surface area contributed by atoms with E-state index in [1.54, 1.807) is 24.3 Å². The summed E-state index contributed by atoms with van der Waals surface area (Å²) in [6.07, 6.45) is 0. The van der Waals surface area contributed by atoms with E-state index >= 15 is 0 Å². The van der Waals surface area contributed by atoms with Gasteiger partial charge in [-0.25, -0.2) is 0 Å². The van der Waals surface area contributed by atoms with E-state index in [0.717, 1.165) is 0 Å². The average Bonchev–Trinajstić information content (AvgIpc) is 3.26. The zero-order chi connectivity index (χ0) is 19.1. The molecule has 1 aliphatic rings. The molecule has 0 spiro atoms. The number of carbonyl (C=O) groups is 1. The number of fused-ring (bicyclic) bond motifs is 2. The van der Waals surface area contributed by atoms with Crippen molar-refractivity contribution in [1.29, 1.82) is 0 Å². The van der Waals surface area contributed by atoms with Gasteiger partial charge in [0.2, 0.25) is 12.6 Å². The summed E-state index contributed by atoms with van der Waals surface area (Å²) < 4.78 is 31.9. The molecule has 1 N–H and O–H groups in total. The molecule has 8 nitrogen and oxygen atoms in total. The van der Waals surface area contributed by atoms with Gasteiger partial charge in [0.05, 0.1) is 21.3 Å². The van der Waals surface area contributed by atoms with E-state index < -0.39 is 11.7 Å². The number of aromatic hydroxyl groups is 1. The smallest absolute Gasteiger partial charge is 0.294 e. The topological polar surface area (TPSA) is 96.6 Å². The molecule has 1 aliphatic heterocycles. The van der Waals surface area contributed by atoms with Crippen molar-refractivity contribution >= 4 is 16.8 Å². The number of furan rings is 1. The first-order chi connectivity index (χ1) is 13.1. The highest BCUT2D eigenvalue weighted by Gasteiger charge is 2.30. The van der Waals surface area contributed by atoms with Crippen LogP contribution in [0.25, 0.3) is 11.0 Å². The molecular weight excluding hydrogens is 356 g/mol. The third-order valence-electron chi connectivity index (χ3n) is 4.33. The molecule has 0 atom stereocenters. The molecule has 140 valence electrons. The van der Waals surface area contributed by atoms with Crippen LogP contribution in [0.15, 0.2) is 28.7 Å². The molecule has 0 fully saturated rings. The molecule has 0 radical (unpaired) electrons. The fourth-order valence-corrected chi connectivity index (χ4v) is 3.05. The first-order valence-electron chi connectivity index (χ1n) is 7.97. The zero-order valence-corrected chi connectivity index (χ0v) is 14.8. The van der Waals surface area contributed by atoms with Crippen LogP contribution in [0.4, 0.5) is 0 Å². The molecule has 4 rings (SSSR count). The minimum Gasteiger partial charge on any atom is -0.496 e. The predicted octanol–water partition coefficient (Wildman–Crippen LogP) is 3.12. The molecule has 0 amide bonds. The van der Waals surface area contributed by atoms with Crippen molar-refractivity contribution in [2.24, 2.45) is 0 Å². The Labute approximate surface area is 153 Å². The van der Waals surface area contributed by atoms with E-state index in [9.17, 15) is 9.90 Å². The lowest BCUT2D eigenvalue weighted by atomic mass is 9.99. The lowest BCUT2D eigenvalue weighted by molar-refractivity contribution is 0.102. The molecule has 0 saturated heterocycles. The van der Waals surface area contributed by atoms with Gasteiger partial charge in [0.15, 0.2) is 11.5 Å². The first kappa shape index (κ1) is 16.9. The summed E-state index contributed by atoms with van der Waals surface area (Å²) in [5.41, 5.74) is 0.410. The van der Waals surface area contributed by atoms with Crippen molar-refractivity contribution in [3.05, 3.63) is 35.4 Å². The Balaban J connectivity index is 1.92. The number of rotatable bonds is 5. The van der Waals surface area contributed by atoms with Crippen LogP contribution in [-0.2, 0) is 0 Å². The maximum atomic E-state index is 13.3. The summed E-state index contributed by atoms with van der Waals surface area (Å²) in [5, 5.41) is 10.7. The Hall–Kier alpha value is -3.55. The number of carbonyl (C=O) groups excluding carboxylic acids is 1. The highest BCUT2D eigenvalue weighted by molar-refractivity contribution is 6.20. The zero-order valence-electron chi connectivity index (χ0n) is 14.8. The fourth-order valence-electron chi connectivity index (χ4n) is 3.05. The monoisotopic (exact) mass is 372 g/mol. The molecule has 0 bridgehead atoms. The number of ether oxygens (including phenoxy) is 5. The van der Waals surface area contributed by atoms with Crippen molar-refractivity contribution in [3.63, 3.8) is 0 Å². The van der Waals surface area contributed by atoms with Crippen LogP contribution in [0.5, 0.6) is 34.7 Å². The summed E-state index contributed by atoms with van der Waals surface area (Å²) in [5.74, 6) is 0.849. The second-order valence-electron chi connectivity index (χ2n) is 5.72. The molecular formula is C19H16O8. The van der Waals surface area contributed by atoms with Gasteiger partial charge in [0.25, 0.3) is 5.95 Å². The Bertz CT molecular complexity index is 1020. The van der Waals surface area contributed by atoms with Crippen molar-refractivity contribution in [3.8, 4) is 34.7 Å². The molecule has 8 heteroatoms. The van der Waals surface area contributed by atoms with E-state index in [1.807, 2.05) is 0 Å². The van der Waals surface area contributed by atoms with Crippen molar-refractivity contribution < 1.29 is 38.0 Å². The predicted molar refractivity (Wildman–Crippen MR) is 93.5 cm³/mol. The van der Waals surface area contributed by atoms with Crippen LogP contribution in [-0.4, -0.2) is 39.0 Å². The van der Waals surface area contributed by atoms with Crippen LogP contribution in [0.3, 0.4) is 0 Å². The number of hydrogen-bond donors (Lipinski definition) is 1. The highest BCUT2D eigenvalue weighted by atomic mass is 16.7. The number of hydrogen-bond acceptors (Lipinski definition) is 8. The second-order valence-corrected chi connectivity index (χ2v) is 5.72. The molecule has 2 heterocycles. The maximum absolute atomic E-state index is 13.3. The van der Waals surface area contributed by atoms with Gasteiger partial charge in [-0.3, -0.25) is 4.79 Å². The van der Waals surface area contributed by atoms with E-state index in [1.165, 1.54) is 21.3 Å². The molecule has 0 unspecified atom stereocenters. The number of benzene rings is 2. The summed E-state index contributed by atoms with van der Waals surface area (Å²) in [6, 6.07) is 6.28. The summed E-state index contributed by atoms with van der Waals surface area (Å²) in [7, 11) is 4.35. The van der Waals surface area contributed by atoms with Gasteiger partial charge in [-0.1, -0.05) is 0 Å². The van der Waals surface area contributed by atoms with Gasteiger partial charge in [0.1, 0.15) is 34.0 Å². The van der Waals surface area contributed by atoms with Gasteiger partial charge < -0.3 is 33.2 Å². The van der Waals surface area contributed by atoms with Gasteiger partial charge in [-0.05, 0) is 6.07 Å². The lowest BCUT2D eigenvalue weighted by Gasteiger charge is -2.14. The van der Waals surface area contributed by atoms with Gasteiger partial charge in [-0.2, -0.15) is 0 Å². The SMILES string of the molecule is COc1cc(OC)c(C(=O)c2c(O)oc3cc4c(cc23)OCO4)c(OC)c1. The highest BCUT2D eigenvalue weighted by Crippen LogP contribution is 2.44. The maximum Gasteiger partial charge on any atom is 0.294 e. The van der Waals surface area contributed by atoms with E-state index in [-0.39, 0.29) is 29.4 Å². The molecule has 1 aromatic heterocycles. The Kier molecular flexibility index (Phi) is 3.95. The van der Waals surface area contributed by atoms with E-state index in [4.69, 9.17) is 28.1 Å². The molecule has 2 aromatic carbocycles. The Morgan fingerprint density at radius 1 is 0.926 bits per heavy atom. The van der Waals surface area contributed by atoms with Crippen molar-refractivity contribution in [2.75, 3.05) is 28.1 Å². The summed E-state index contributed by atoms with van der Waals surface area (Å²) >= 11 is 0. The minimum atomic E-state index is -0.526.